The summed E-state index contributed by atoms with van der Waals surface area (Å²) < 4.78 is 0. The molecule has 1 heterocycles. The Balaban J connectivity index is 3.18. The summed E-state index contributed by atoms with van der Waals surface area (Å²) in [6, 6.07) is 0. The largest absolute Gasteiger partial charge is 0.297 e. The number of aromatic nitrogens is 3. The molecule has 0 spiro atoms. The zero-order valence-corrected chi connectivity index (χ0v) is 5.50. The minimum Gasteiger partial charge on any atom is -0.288 e. The van der Waals surface area contributed by atoms with Gasteiger partial charge in [0.15, 0.2) is 0 Å². The highest BCUT2D eigenvalue weighted by molar-refractivity contribution is 5.34. The van der Waals surface area contributed by atoms with Crippen molar-refractivity contribution < 1.29 is 5.21 Å². The Kier molecular flexibility index (Phi) is 2.28. The van der Waals surface area contributed by atoms with Crippen LogP contribution in [0.4, 0.5) is 17.8 Å². The number of rotatable bonds is 3. The van der Waals surface area contributed by atoms with Gasteiger partial charge in [0.2, 0.25) is 0 Å². The van der Waals surface area contributed by atoms with Crippen molar-refractivity contribution >= 4 is 17.8 Å². The summed E-state index contributed by atoms with van der Waals surface area (Å²) in [7, 11) is 0. The topological polar surface area (TPSA) is 130 Å². The van der Waals surface area contributed by atoms with E-state index in [1.807, 2.05) is 0 Å². The number of hydrogen-bond donors (Lipinski definition) is 2. The lowest BCUT2D eigenvalue weighted by Gasteiger charge is -1.94. The van der Waals surface area contributed by atoms with E-state index in [4.69, 9.17) is 5.21 Å². The van der Waals surface area contributed by atoms with Gasteiger partial charge in [-0.1, -0.05) is 0 Å². The van der Waals surface area contributed by atoms with Crippen molar-refractivity contribution in [3.8, 4) is 0 Å². The summed E-state index contributed by atoms with van der Waals surface area (Å²) in [5.41, 5.74) is 1.52. The lowest BCUT2D eigenvalue weighted by atomic mass is 10.8. The Labute approximate surface area is 64.8 Å². The molecule has 0 fully saturated rings. The summed E-state index contributed by atoms with van der Waals surface area (Å²) in [6.07, 6.45) is 0. The molecule has 62 valence electrons. The van der Waals surface area contributed by atoms with Crippen LogP contribution in [0.15, 0.2) is 10.4 Å². The Hall–Kier alpha value is -2.03. The van der Waals surface area contributed by atoms with Gasteiger partial charge in [0.05, 0.1) is 0 Å². The first-order chi connectivity index (χ1) is 5.80. The summed E-state index contributed by atoms with van der Waals surface area (Å²) >= 11 is 0. The van der Waals surface area contributed by atoms with Crippen molar-refractivity contribution in [1.29, 1.82) is 0 Å². The summed E-state index contributed by atoms with van der Waals surface area (Å²) in [5, 5.41) is 12.9. The maximum absolute atomic E-state index is 9.89. The van der Waals surface area contributed by atoms with Crippen molar-refractivity contribution in [3.05, 3.63) is 9.81 Å². The van der Waals surface area contributed by atoms with Gasteiger partial charge in [-0.15, -0.1) is 9.81 Å². The monoisotopic (exact) mass is 170 g/mol. The van der Waals surface area contributed by atoms with E-state index in [0.29, 0.717) is 0 Å². The lowest BCUT2D eigenvalue weighted by molar-refractivity contribution is 0.382. The first-order valence-corrected chi connectivity index (χ1v) is 2.63. The molecule has 0 saturated heterocycles. The van der Waals surface area contributed by atoms with Crippen molar-refractivity contribution in [2.75, 3.05) is 5.48 Å². The molecule has 0 atom stereocenters. The molecule has 0 aliphatic carbocycles. The van der Waals surface area contributed by atoms with Crippen molar-refractivity contribution in [3.63, 3.8) is 0 Å². The van der Waals surface area contributed by atoms with Crippen LogP contribution in [0.1, 0.15) is 0 Å². The van der Waals surface area contributed by atoms with E-state index in [0.717, 1.165) is 0 Å². The molecule has 0 aliphatic rings. The van der Waals surface area contributed by atoms with Gasteiger partial charge < -0.3 is 0 Å². The molecular weight excluding hydrogens is 168 g/mol. The molecule has 9 heteroatoms. The van der Waals surface area contributed by atoms with E-state index in [-0.39, 0.29) is 5.95 Å². The maximum Gasteiger partial charge on any atom is 0.297 e. The van der Waals surface area contributed by atoms with Gasteiger partial charge in [-0.05, 0) is 0 Å². The van der Waals surface area contributed by atoms with Crippen LogP contribution in [0.3, 0.4) is 0 Å². The van der Waals surface area contributed by atoms with Crippen molar-refractivity contribution in [2.45, 2.75) is 0 Å². The second-order valence-electron chi connectivity index (χ2n) is 1.55. The second kappa shape index (κ2) is 3.39. The number of nitrogens with one attached hydrogen (secondary N) is 1. The standard InChI is InChI=1S/C3H2N6O3/c10-7-1-4-2(8-11)6-3(5-1)9-12/h10H,(H,4,5,6,7). The van der Waals surface area contributed by atoms with Crippen LogP contribution in [-0.2, 0) is 0 Å². The number of nitroso groups, excluding NO2 is 2. The molecular formula is C3H2N6O3. The molecule has 1 aromatic heterocycles. The SMILES string of the molecule is O=Nc1nc(N=O)nc(NO)n1. The Bertz CT molecular complexity index is 287. The van der Waals surface area contributed by atoms with Gasteiger partial charge in [-0.25, -0.2) is 5.48 Å². The first kappa shape index (κ1) is 8.07. The van der Waals surface area contributed by atoms with Gasteiger partial charge in [0, 0.05) is 10.4 Å². The predicted molar refractivity (Wildman–Crippen MR) is 36.1 cm³/mol. The molecule has 0 aliphatic heterocycles. The Morgan fingerprint density at radius 3 is 1.92 bits per heavy atom. The van der Waals surface area contributed by atoms with Gasteiger partial charge >= 0.3 is 0 Å². The molecule has 2 N–H and O–H groups in total. The first-order valence-electron chi connectivity index (χ1n) is 2.63. The molecule has 1 rings (SSSR count). The molecule has 0 unspecified atom stereocenters. The highest BCUT2D eigenvalue weighted by atomic mass is 16.5. The van der Waals surface area contributed by atoms with E-state index < -0.39 is 11.9 Å². The van der Waals surface area contributed by atoms with Crippen LogP contribution >= 0.6 is 0 Å². The lowest BCUT2D eigenvalue weighted by Crippen LogP contribution is -1.97. The third kappa shape index (κ3) is 1.52. The molecule has 0 radical (unpaired) electrons. The van der Waals surface area contributed by atoms with Crippen LogP contribution in [0.25, 0.3) is 0 Å². The van der Waals surface area contributed by atoms with Crippen LogP contribution in [0.5, 0.6) is 0 Å². The molecule has 0 amide bonds. The minimum absolute atomic E-state index is 0.366. The van der Waals surface area contributed by atoms with Gasteiger partial charge in [0.25, 0.3) is 17.8 Å². The van der Waals surface area contributed by atoms with Crippen LogP contribution in [0, 0.1) is 9.81 Å². The van der Waals surface area contributed by atoms with Crippen LogP contribution in [0.2, 0.25) is 0 Å². The third-order valence-corrected chi connectivity index (χ3v) is 0.875. The highest BCUT2D eigenvalue weighted by Gasteiger charge is 2.05. The van der Waals surface area contributed by atoms with Gasteiger partial charge in [0.1, 0.15) is 0 Å². The molecule has 0 bridgehead atoms. The second-order valence-corrected chi connectivity index (χ2v) is 1.55. The normalized spacial score (nSPS) is 9.08. The van der Waals surface area contributed by atoms with E-state index in [9.17, 15) is 9.81 Å². The van der Waals surface area contributed by atoms with E-state index in [2.05, 4.69) is 25.3 Å². The zero-order valence-electron chi connectivity index (χ0n) is 5.50. The Morgan fingerprint density at radius 1 is 1.08 bits per heavy atom. The fourth-order valence-electron chi connectivity index (χ4n) is 0.486. The van der Waals surface area contributed by atoms with Gasteiger partial charge in [-0.3, -0.25) is 5.21 Å². The Morgan fingerprint density at radius 2 is 1.58 bits per heavy atom. The van der Waals surface area contributed by atoms with E-state index in [1.165, 1.54) is 5.48 Å². The predicted octanol–water partition coefficient (Wildman–Crippen LogP) is 0.468. The smallest absolute Gasteiger partial charge is 0.288 e. The molecule has 0 saturated carbocycles. The van der Waals surface area contributed by atoms with E-state index in [1.54, 1.807) is 0 Å². The van der Waals surface area contributed by atoms with E-state index >= 15 is 0 Å². The zero-order chi connectivity index (χ0) is 8.97. The molecule has 1 aromatic rings. The fourth-order valence-corrected chi connectivity index (χ4v) is 0.486. The number of anilines is 1. The summed E-state index contributed by atoms with van der Waals surface area (Å²) in [6.45, 7) is 0. The van der Waals surface area contributed by atoms with Gasteiger partial charge in [-0.2, -0.15) is 15.0 Å². The molecule has 9 nitrogen and oxygen atoms in total. The third-order valence-electron chi connectivity index (χ3n) is 0.875. The summed E-state index contributed by atoms with van der Waals surface area (Å²) in [5.74, 6) is -1.43. The quantitative estimate of drug-likeness (QED) is 0.497. The highest BCUT2D eigenvalue weighted by Crippen LogP contribution is 2.12. The average Bonchev–Trinajstić information content (AvgIpc) is 2.16. The summed E-state index contributed by atoms with van der Waals surface area (Å²) in [4.78, 5) is 29.5. The number of nitrogens with zero attached hydrogens (tertiary/aromatic N) is 5. The molecule has 0 aromatic carbocycles. The van der Waals surface area contributed by atoms with Crippen molar-refractivity contribution in [1.82, 2.24) is 15.0 Å². The van der Waals surface area contributed by atoms with Crippen LogP contribution in [-0.4, -0.2) is 20.2 Å². The minimum atomic E-state index is -0.531. The van der Waals surface area contributed by atoms with Crippen molar-refractivity contribution in [2.24, 2.45) is 10.4 Å². The fraction of sp³-hybridized carbons (Fsp3) is 0. The average molecular weight is 170 g/mol. The number of hydrogen-bond acceptors (Lipinski definition) is 9. The van der Waals surface area contributed by atoms with Crippen LogP contribution < -0.4 is 5.48 Å². The maximum atomic E-state index is 9.89. The molecule has 12 heavy (non-hydrogen) atoms.